The summed E-state index contributed by atoms with van der Waals surface area (Å²) in [4.78, 5) is 0. The normalized spacial score (nSPS) is 25.5. The molecule has 1 aliphatic heterocycles. The van der Waals surface area contributed by atoms with Crippen LogP contribution in [0.25, 0.3) is 0 Å². The van der Waals surface area contributed by atoms with Gasteiger partial charge in [-0.1, -0.05) is 29.8 Å². The molecule has 0 spiro atoms. The molecular weight excluding hydrogens is 296 g/mol. The van der Waals surface area contributed by atoms with Crippen LogP contribution in [0.5, 0.6) is 0 Å². The first-order valence-electron chi connectivity index (χ1n) is 5.16. The maximum Gasteiger partial charge on any atom is 0.179 e. The van der Waals surface area contributed by atoms with Crippen molar-refractivity contribution in [2.24, 2.45) is 0 Å². The smallest absolute Gasteiger partial charge is 0.179 e. The van der Waals surface area contributed by atoms with Crippen LogP contribution in [0.1, 0.15) is 10.8 Å². The Morgan fingerprint density at radius 1 is 1.17 bits per heavy atom. The molecule has 0 N–H and O–H groups in total. The van der Waals surface area contributed by atoms with E-state index < -0.39 is 30.7 Å². The van der Waals surface area contributed by atoms with Crippen molar-refractivity contribution in [1.29, 1.82) is 0 Å². The highest BCUT2D eigenvalue weighted by atomic mass is 35.5. The lowest BCUT2D eigenvalue weighted by Gasteiger charge is -2.14. The van der Waals surface area contributed by atoms with E-state index in [-0.39, 0.29) is 5.75 Å². The van der Waals surface area contributed by atoms with E-state index in [0.717, 1.165) is 5.41 Å². The first-order valence-corrected chi connectivity index (χ1v) is 8.97. The van der Waals surface area contributed by atoms with Gasteiger partial charge in [0, 0.05) is 10.4 Å². The summed E-state index contributed by atoms with van der Waals surface area (Å²) in [6.07, 6.45) is 1.18. The van der Waals surface area contributed by atoms with Crippen molar-refractivity contribution in [3.05, 3.63) is 46.3 Å². The van der Waals surface area contributed by atoms with Gasteiger partial charge in [0.05, 0.1) is 11.5 Å². The first kappa shape index (κ1) is 13.6. The molecular formula is C11H11ClO4S2. The Morgan fingerprint density at radius 2 is 1.89 bits per heavy atom. The van der Waals surface area contributed by atoms with Crippen LogP contribution in [0.2, 0.25) is 5.02 Å². The number of rotatable bonds is 1. The van der Waals surface area contributed by atoms with Crippen LogP contribution < -0.4 is 0 Å². The van der Waals surface area contributed by atoms with Crippen LogP contribution in [0.3, 0.4) is 0 Å². The number of halogens is 1. The van der Waals surface area contributed by atoms with E-state index in [9.17, 15) is 16.8 Å². The maximum atomic E-state index is 12.0. The number of hydrogen-bond acceptors (Lipinski definition) is 4. The molecule has 2 rings (SSSR count). The van der Waals surface area contributed by atoms with Gasteiger partial charge in [0.2, 0.25) is 0 Å². The van der Waals surface area contributed by atoms with Crippen LogP contribution in [0, 0.1) is 0 Å². The molecule has 0 aliphatic carbocycles. The molecule has 98 valence electrons. The fourth-order valence-corrected chi connectivity index (χ4v) is 5.76. The molecule has 0 amide bonds. The van der Waals surface area contributed by atoms with Crippen LogP contribution in [0.4, 0.5) is 0 Å². The molecule has 0 radical (unpaired) electrons. The van der Waals surface area contributed by atoms with E-state index in [1.807, 2.05) is 0 Å². The van der Waals surface area contributed by atoms with Gasteiger partial charge < -0.3 is 0 Å². The summed E-state index contributed by atoms with van der Waals surface area (Å²) in [5.74, 6) is -0.661. The SMILES string of the molecule is O=S1(=O)CC=CS(=O)(=O)C(c2cccc(Cl)c2)C1. The van der Waals surface area contributed by atoms with Crippen LogP contribution in [0.15, 0.2) is 35.7 Å². The van der Waals surface area contributed by atoms with Crippen molar-refractivity contribution in [2.45, 2.75) is 5.25 Å². The van der Waals surface area contributed by atoms with E-state index in [1.54, 1.807) is 18.2 Å². The van der Waals surface area contributed by atoms with Gasteiger partial charge in [-0.3, -0.25) is 0 Å². The van der Waals surface area contributed by atoms with Gasteiger partial charge in [-0.15, -0.1) is 0 Å². The van der Waals surface area contributed by atoms with Gasteiger partial charge >= 0.3 is 0 Å². The van der Waals surface area contributed by atoms with Crippen molar-refractivity contribution in [1.82, 2.24) is 0 Å². The van der Waals surface area contributed by atoms with Crippen molar-refractivity contribution in [2.75, 3.05) is 11.5 Å². The number of benzene rings is 1. The Labute approximate surface area is 111 Å². The molecule has 0 fully saturated rings. The minimum atomic E-state index is -3.62. The second kappa shape index (κ2) is 4.68. The van der Waals surface area contributed by atoms with E-state index in [0.29, 0.717) is 10.6 Å². The van der Waals surface area contributed by atoms with Gasteiger partial charge in [0.1, 0.15) is 5.25 Å². The molecule has 1 atom stereocenters. The average Bonchev–Trinajstić information content (AvgIpc) is 2.35. The van der Waals surface area contributed by atoms with Gasteiger partial charge in [0.25, 0.3) is 0 Å². The number of sulfone groups is 2. The molecule has 7 heteroatoms. The lowest BCUT2D eigenvalue weighted by atomic mass is 10.2. The summed E-state index contributed by atoms with van der Waals surface area (Å²) in [6.45, 7) is 0. The molecule has 1 heterocycles. The Bertz CT molecular complexity index is 690. The molecule has 0 bridgehead atoms. The third-order valence-electron chi connectivity index (χ3n) is 2.66. The van der Waals surface area contributed by atoms with E-state index in [4.69, 9.17) is 11.6 Å². The monoisotopic (exact) mass is 306 g/mol. The van der Waals surface area contributed by atoms with E-state index in [2.05, 4.69) is 0 Å². The van der Waals surface area contributed by atoms with Gasteiger partial charge in [-0.25, -0.2) is 16.8 Å². The lowest BCUT2D eigenvalue weighted by molar-refractivity contribution is 0.584. The van der Waals surface area contributed by atoms with Gasteiger partial charge in [-0.05, 0) is 17.7 Å². The Hall–Kier alpha value is -0.850. The lowest BCUT2D eigenvalue weighted by Crippen LogP contribution is -2.20. The summed E-state index contributed by atoms with van der Waals surface area (Å²) in [6, 6.07) is 6.27. The Kier molecular flexibility index (Phi) is 3.53. The second-order valence-electron chi connectivity index (χ2n) is 4.08. The standard InChI is InChI=1S/C11H11ClO4S2/c12-10-4-1-3-9(7-10)11-8-17(13,14)5-2-6-18(11,15)16/h1-4,6-7,11H,5,8H2. The predicted molar refractivity (Wildman–Crippen MR) is 70.9 cm³/mol. The van der Waals surface area contributed by atoms with Crippen LogP contribution in [-0.2, 0) is 19.7 Å². The van der Waals surface area contributed by atoms with E-state index in [1.165, 1.54) is 12.1 Å². The highest BCUT2D eigenvalue weighted by Crippen LogP contribution is 2.29. The zero-order valence-electron chi connectivity index (χ0n) is 9.28. The zero-order chi connectivity index (χ0) is 13.4. The molecule has 1 unspecified atom stereocenters. The molecule has 4 nitrogen and oxygen atoms in total. The molecule has 18 heavy (non-hydrogen) atoms. The second-order valence-corrected chi connectivity index (χ2v) is 8.69. The van der Waals surface area contributed by atoms with Crippen LogP contribution in [-0.4, -0.2) is 28.3 Å². The number of hydrogen-bond donors (Lipinski definition) is 0. The molecule has 0 saturated carbocycles. The third-order valence-corrected chi connectivity index (χ3v) is 6.45. The third kappa shape index (κ3) is 2.93. The Balaban J connectivity index is 2.55. The highest BCUT2D eigenvalue weighted by Gasteiger charge is 2.32. The first-order chi connectivity index (χ1) is 8.30. The van der Waals surface area contributed by atoms with Crippen LogP contribution >= 0.6 is 11.6 Å². The summed E-state index contributed by atoms with van der Waals surface area (Å²) < 4.78 is 47.4. The summed E-state index contributed by atoms with van der Waals surface area (Å²) >= 11 is 5.81. The maximum absolute atomic E-state index is 12.0. The summed E-state index contributed by atoms with van der Waals surface area (Å²) in [5, 5.41) is 0.275. The molecule has 0 saturated heterocycles. The van der Waals surface area contributed by atoms with Crippen molar-refractivity contribution >= 4 is 31.3 Å². The fraction of sp³-hybridized carbons (Fsp3) is 0.273. The molecule has 1 aromatic carbocycles. The molecule has 0 aromatic heterocycles. The fourth-order valence-electron chi connectivity index (χ4n) is 1.80. The quantitative estimate of drug-likeness (QED) is 0.792. The summed E-state index contributed by atoms with van der Waals surface area (Å²) in [5.41, 5.74) is 0.401. The van der Waals surface area contributed by atoms with E-state index >= 15 is 0 Å². The van der Waals surface area contributed by atoms with Crippen molar-refractivity contribution < 1.29 is 16.8 Å². The Morgan fingerprint density at radius 3 is 2.56 bits per heavy atom. The highest BCUT2D eigenvalue weighted by molar-refractivity contribution is 7.97. The van der Waals surface area contributed by atoms with Crippen molar-refractivity contribution in [3.63, 3.8) is 0 Å². The zero-order valence-corrected chi connectivity index (χ0v) is 11.7. The predicted octanol–water partition coefficient (Wildman–Crippen LogP) is 1.74. The summed E-state index contributed by atoms with van der Waals surface area (Å²) in [7, 11) is -7.03. The average molecular weight is 307 g/mol. The van der Waals surface area contributed by atoms with Crippen molar-refractivity contribution in [3.8, 4) is 0 Å². The largest absolute Gasteiger partial charge is 0.228 e. The minimum absolute atomic E-state index is 0.247. The minimum Gasteiger partial charge on any atom is -0.228 e. The molecule has 1 aromatic rings. The molecule has 1 aliphatic rings. The topological polar surface area (TPSA) is 68.3 Å². The van der Waals surface area contributed by atoms with Gasteiger partial charge in [-0.2, -0.15) is 0 Å². The van der Waals surface area contributed by atoms with Gasteiger partial charge in [0.15, 0.2) is 19.7 Å².